The van der Waals surface area contributed by atoms with Gasteiger partial charge in [0.15, 0.2) is 0 Å². The number of rotatable bonds is 3. The first-order valence-corrected chi connectivity index (χ1v) is 6.91. The molecule has 0 unspecified atom stereocenters. The third-order valence-corrected chi connectivity index (χ3v) is 4.01. The molecule has 1 amide bonds. The van der Waals surface area contributed by atoms with Gasteiger partial charge in [-0.1, -0.05) is 0 Å². The Hall–Kier alpha value is -2.50. The summed E-state index contributed by atoms with van der Waals surface area (Å²) in [6.07, 6.45) is 0.403. The largest absolute Gasteiger partial charge is 0.397 e. The molecule has 0 aliphatic carbocycles. The summed E-state index contributed by atoms with van der Waals surface area (Å²) in [7, 11) is 1.94. The fraction of sp³-hybridized carbons (Fsp3) is 0.333. The van der Waals surface area contributed by atoms with Gasteiger partial charge >= 0.3 is 0 Å². The van der Waals surface area contributed by atoms with Crippen LogP contribution in [0.3, 0.4) is 0 Å². The summed E-state index contributed by atoms with van der Waals surface area (Å²) in [5.41, 5.74) is 12.7. The molecule has 4 N–H and O–H groups in total. The van der Waals surface area contributed by atoms with Crippen LogP contribution in [0.25, 0.3) is 0 Å². The van der Waals surface area contributed by atoms with Gasteiger partial charge in [-0.15, -0.1) is 0 Å². The number of amides is 1. The van der Waals surface area contributed by atoms with Gasteiger partial charge < -0.3 is 16.4 Å². The first-order chi connectivity index (χ1) is 9.95. The predicted octanol–water partition coefficient (Wildman–Crippen LogP) is 1.73. The molecule has 0 saturated carbocycles. The Labute approximate surface area is 123 Å². The summed E-state index contributed by atoms with van der Waals surface area (Å²) in [6.45, 7) is 4.70. The van der Waals surface area contributed by atoms with Crippen molar-refractivity contribution in [2.24, 2.45) is 7.05 Å². The van der Waals surface area contributed by atoms with Crippen molar-refractivity contribution in [1.29, 1.82) is 0 Å². The Bertz CT molecular complexity index is 732. The second-order valence-electron chi connectivity index (χ2n) is 5.45. The van der Waals surface area contributed by atoms with Crippen LogP contribution in [0, 0.1) is 13.8 Å². The lowest BCUT2D eigenvalue weighted by Gasteiger charge is -2.12. The summed E-state index contributed by atoms with van der Waals surface area (Å²) in [6, 6.07) is 3.76. The van der Waals surface area contributed by atoms with Crippen LogP contribution in [0.2, 0.25) is 0 Å². The van der Waals surface area contributed by atoms with Gasteiger partial charge in [-0.25, -0.2) is 0 Å². The minimum absolute atomic E-state index is 0.0144. The fourth-order valence-electron chi connectivity index (χ4n) is 2.70. The first kappa shape index (κ1) is 13.5. The third kappa shape index (κ3) is 2.33. The average Bonchev–Trinajstić information content (AvgIpc) is 2.87. The molecule has 1 aromatic carbocycles. The van der Waals surface area contributed by atoms with E-state index < -0.39 is 0 Å². The quantitative estimate of drug-likeness (QED) is 0.750. The van der Waals surface area contributed by atoms with Crippen LogP contribution < -0.4 is 16.4 Å². The fourth-order valence-corrected chi connectivity index (χ4v) is 2.70. The molecule has 0 fully saturated rings. The molecule has 0 atom stereocenters. The topological polar surface area (TPSA) is 85.0 Å². The number of anilines is 3. The molecule has 2 heterocycles. The van der Waals surface area contributed by atoms with Gasteiger partial charge in [0.05, 0.1) is 23.5 Å². The highest BCUT2D eigenvalue weighted by Gasteiger charge is 2.19. The van der Waals surface area contributed by atoms with Gasteiger partial charge in [-0.3, -0.25) is 9.48 Å². The van der Waals surface area contributed by atoms with Crippen LogP contribution in [0.4, 0.5) is 17.1 Å². The Kier molecular flexibility index (Phi) is 3.08. The number of carbonyl (C=O) groups excluding carboxylic acids is 1. The number of aryl methyl sites for hydroxylation is 2. The number of nitrogens with two attached hydrogens (primary N) is 1. The Balaban J connectivity index is 1.83. The van der Waals surface area contributed by atoms with Crippen LogP contribution >= 0.6 is 0 Å². The van der Waals surface area contributed by atoms with Gasteiger partial charge in [-0.2, -0.15) is 5.10 Å². The van der Waals surface area contributed by atoms with Gasteiger partial charge in [-0.05, 0) is 31.5 Å². The molecule has 0 bridgehead atoms. The highest BCUT2D eigenvalue weighted by molar-refractivity contribution is 6.00. The summed E-state index contributed by atoms with van der Waals surface area (Å²) < 4.78 is 1.87. The van der Waals surface area contributed by atoms with Crippen molar-refractivity contribution in [2.45, 2.75) is 26.8 Å². The minimum Gasteiger partial charge on any atom is -0.397 e. The Morgan fingerprint density at radius 2 is 2.19 bits per heavy atom. The number of nitrogens with one attached hydrogen (secondary N) is 2. The van der Waals surface area contributed by atoms with E-state index in [4.69, 9.17) is 5.73 Å². The Morgan fingerprint density at radius 3 is 2.86 bits per heavy atom. The van der Waals surface area contributed by atoms with Crippen LogP contribution in [0.5, 0.6) is 0 Å². The van der Waals surface area contributed by atoms with Crippen LogP contribution in [-0.4, -0.2) is 15.7 Å². The zero-order valence-electron chi connectivity index (χ0n) is 12.4. The molecule has 6 nitrogen and oxygen atoms in total. The maximum Gasteiger partial charge on any atom is 0.228 e. The smallest absolute Gasteiger partial charge is 0.228 e. The highest BCUT2D eigenvalue weighted by Crippen LogP contribution is 2.31. The van der Waals surface area contributed by atoms with Gasteiger partial charge in [0, 0.05) is 30.5 Å². The minimum atomic E-state index is 0.0144. The van der Waals surface area contributed by atoms with Gasteiger partial charge in [0.1, 0.15) is 0 Å². The van der Waals surface area contributed by atoms with Crippen molar-refractivity contribution in [3.05, 3.63) is 34.6 Å². The average molecular weight is 285 g/mol. The van der Waals surface area contributed by atoms with E-state index in [1.807, 2.05) is 37.7 Å². The van der Waals surface area contributed by atoms with E-state index in [2.05, 4.69) is 15.7 Å². The molecule has 1 aromatic heterocycles. The highest BCUT2D eigenvalue weighted by atomic mass is 16.1. The van der Waals surface area contributed by atoms with E-state index in [0.29, 0.717) is 18.7 Å². The number of nitrogens with zero attached hydrogens (tertiary/aromatic N) is 2. The number of benzene rings is 1. The number of carbonyl (C=O) groups is 1. The maximum absolute atomic E-state index is 11.4. The zero-order valence-corrected chi connectivity index (χ0v) is 12.4. The van der Waals surface area contributed by atoms with Crippen LogP contribution in [0.1, 0.15) is 22.5 Å². The van der Waals surface area contributed by atoms with E-state index in [0.717, 1.165) is 28.3 Å². The van der Waals surface area contributed by atoms with Crippen LogP contribution in [0.15, 0.2) is 12.1 Å². The Morgan fingerprint density at radius 1 is 1.43 bits per heavy atom. The molecule has 2 aromatic rings. The molecular formula is C15H19N5O. The molecule has 21 heavy (non-hydrogen) atoms. The molecule has 3 rings (SSSR count). The molecule has 0 spiro atoms. The van der Waals surface area contributed by atoms with E-state index in [-0.39, 0.29) is 5.91 Å². The van der Waals surface area contributed by atoms with Crippen LogP contribution in [-0.2, 0) is 24.8 Å². The van der Waals surface area contributed by atoms with E-state index >= 15 is 0 Å². The number of hydrogen-bond donors (Lipinski definition) is 3. The number of hydrogen-bond acceptors (Lipinski definition) is 4. The third-order valence-electron chi connectivity index (χ3n) is 4.01. The monoisotopic (exact) mass is 285 g/mol. The molecular weight excluding hydrogens is 266 g/mol. The molecule has 0 radical (unpaired) electrons. The second kappa shape index (κ2) is 4.80. The molecule has 0 saturated heterocycles. The standard InChI is InChI=1S/C15H19N5O/c1-8-11(9(2)20(3)19-8)7-17-14-6-13-10(4-12(14)16)5-15(21)18-13/h4,6,17H,5,7,16H2,1-3H3,(H,18,21). The lowest BCUT2D eigenvalue weighted by molar-refractivity contribution is -0.115. The summed E-state index contributed by atoms with van der Waals surface area (Å²) >= 11 is 0. The van der Waals surface area contributed by atoms with E-state index in [9.17, 15) is 4.79 Å². The second-order valence-corrected chi connectivity index (χ2v) is 5.45. The zero-order chi connectivity index (χ0) is 15.1. The SMILES string of the molecule is Cc1nn(C)c(C)c1CNc1cc2c(cc1N)CC(=O)N2. The van der Waals surface area contributed by atoms with E-state index in [1.54, 1.807) is 0 Å². The lowest BCUT2D eigenvalue weighted by atomic mass is 10.1. The predicted molar refractivity (Wildman–Crippen MR) is 83.2 cm³/mol. The van der Waals surface area contributed by atoms with Crippen molar-refractivity contribution >= 4 is 23.0 Å². The molecule has 1 aliphatic rings. The van der Waals surface area contributed by atoms with Crippen molar-refractivity contribution in [3.63, 3.8) is 0 Å². The lowest BCUT2D eigenvalue weighted by Crippen LogP contribution is -2.05. The van der Waals surface area contributed by atoms with Gasteiger partial charge in [0.25, 0.3) is 0 Å². The summed E-state index contributed by atoms with van der Waals surface area (Å²) in [5, 5.41) is 10.6. The first-order valence-electron chi connectivity index (χ1n) is 6.91. The number of fused-ring (bicyclic) bond motifs is 1. The van der Waals surface area contributed by atoms with Crippen molar-refractivity contribution < 1.29 is 4.79 Å². The van der Waals surface area contributed by atoms with Crippen molar-refractivity contribution in [2.75, 3.05) is 16.4 Å². The molecule has 110 valence electrons. The van der Waals surface area contributed by atoms with Crippen molar-refractivity contribution in [1.82, 2.24) is 9.78 Å². The van der Waals surface area contributed by atoms with Gasteiger partial charge in [0.2, 0.25) is 5.91 Å². The molecule has 1 aliphatic heterocycles. The number of aromatic nitrogens is 2. The summed E-state index contributed by atoms with van der Waals surface area (Å²) in [5.74, 6) is 0.0144. The van der Waals surface area contributed by atoms with Crippen molar-refractivity contribution in [3.8, 4) is 0 Å². The summed E-state index contributed by atoms with van der Waals surface area (Å²) in [4.78, 5) is 11.4. The molecule has 6 heteroatoms. The van der Waals surface area contributed by atoms with E-state index in [1.165, 1.54) is 5.56 Å². The maximum atomic E-state index is 11.4. The normalized spacial score (nSPS) is 13.2. The number of nitrogen functional groups attached to an aromatic ring is 1.